The van der Waals surface area contributed by atoms with Gasteiger partial charge < -0.3 is 18.6 Å². The van der Waals surface area contributed by atoms with Crippen LogP contribution in [-0.4, -0.2) is 31.1 Å². The number of esters is 3. The molecule has 0 spiro atoms. The normalized spacial score (nSPS) is 44.1. The first-order valence-corrected chi connectivity index (χ1v) is 9.94. The van der Waals surface area contributed by atoms with Crippen LogP contribution in [0.4, 0.5) is 0 Å². The van der Waals surface area contributed by atoms with E-state index < -0.39 is 29.0 Å². The van der Waals surface area contributed by atoms with E-state index >= 15 is 0 Å². The van der Waals surface area contributed by atoms with Gasteiger partial charge in [0.25, 0.3) is 0 Å². The van der Waals surface area contributed by atoms with E-state index in [9.17, 15) is 14.4 Å². The summed E-state index contributed by atoms with van der Waals surface area (Å²) in [5.41, 5.74) is -0.874. The van der Waals surface area contributed by atoms with Gasteiger partial charge >= 0.3 is 17.9 Å². The van der Waals surface area contributed by atoms with Gasteiger partial charge in [-0.2, -0.15) is 0 Å². The second-order valence-electron chi connectivity index (χ2n) is 8.90. The smallest absolute Gasteiger partial charge is 0.314 e. The summed E-state index contributed by atoms with van der Waals surface area (Å²) in [7, 11) is 1.41. The summed E-state index contributed by atoms with van der Waals surface area (Å²) >= 11 is 0. The van der Waals surface area contributed by atoms with Crippen molar-refractivity contribution in [3.8, 4) is 0 Å². The Morgan fingerprint density at radius 3 is 2.79 bits per heavy atom. The van der Waals surface area contributed by atoms with Crippen LogP contribution in [0.3, 0.4) is 0 Å². The lowest BCUT2D eigenvalue weighted by Gasteiger charge is -2.55. The number of rotatable bonds is 2. The Morgan fingerprint density at radius 2 is 2.07 bits per heavy atom. The highest BCUT2D eigenvalue weighted by Gasteiger charge is 2.74. The SMILES string of the molecule is COC(=O)[C@]1(C)CCC[C@H]2[C@@H]1C[C@H]1OC(=O)[C@@]23C[C@H](c2ccoc2)OC(=O)[C@@H]13. The van der Waals surface area contributed by atoms with Crippen molar-refractivity contribution in [3.05, 3.63) is 24.2 Å². The largest absolute Gasteiger partial charge is 0.472 e. The van der Waals surface area contributed by atoms with E-state index in [4.69, 9.17) is 18.6 Å². The Morgan fingerprint density at radius 1 is 1.25 bits per heavy atom. The second-order valence-corrected chi connectivity index (χ2v) is 8.90. The van der Waals surface area contributed by atoms with E-state index in [1.54, 1.807) is 12.3 Å². The van der Waals surface area contributed by atoms with Crippen LogP contribution in [0, 0.1) is 28.6 Å². The standard InChI is InChI=1S/C21H24O7/c1-20(18(23)25-2)6-3-4-12-13(20)8-14-16-17(22)27-15(11-5-7-26-10-11)9-21(12,16)19(24)28-14/h5,7,10,12-16H,3-4,6,8-9H2,1-2H3/t12-,13-,14+,15+,16+,20+,21-/m0/s1. The van der Waals surface area contributed by atoms with Crippen LogP contribution in [0.2, 0.25) is 0 Å². The van der Waals surface area contributed by atoms with Gasteiger partial charge in [-0.05, 0) is 44.1 Å². The highest BCUT2D eigenvalue weighted by molar-refractivity contribution is 5.91. The first-order valence-electron chi connectivity index (χ1n) is 9.94. The van der Waals surface area contributed by atoms with E-state index in [0.29, 0.717) is 12.8 Å². The maximum atomic E-state index is 13.2. The molecule has 2 aliphatic carbocycles. The number of hydrogen-bond acceptors (Lipinski definition) is 7. The lowest BCUT2D eigenvalue weighted by Crippen LogP contribution is -2.60. The van der Waals surface area contributed by atoms with Gasteiger partial charge in [-0.1, -0.05) is 6.42 Å². The summed E-state index contributed by atoms with van der Waals surface area (Å²) < 4.78 is 21.7. The number of carbonyl (C=O) groups is 3. The van der Waals surface area contributed by atoms with Crippen LogP contribution in [0.5, 0.6) is 0 Å². The van der Waals surface area contributed by atoms with Crippen LogP contribution in [-0.2, 0) is 28.6 Å². The minimum atomic E-state index is -0.944. The number of hydrogen-bond donors (Lipinski definition) is 0. The molecule has 3 heterocycles. The van der Waals surface area contributed by atoms with Gasteiger partial charge in [-0.25, -0.2) is 0 Å². The Kier molecular flexibility index (Phi) is 3.71. The second kappa shape index (κ2) is 5.84. The quantitative estimate of drug-likeness (QED) is 0.568. The average molecular weight is 388 g/mol. The molecule has 4 aliphatic rings. The summed E-state index contributed by atoms with van der Waals surface area (Å²) in [4.78, 5) is 38.9. The third kappa shape index (κ3) is 2.07. The van der Waals surface area contributed by atoms with Gasteiger partial charge in [-0.3, -0.25) is 14.4 Å². The summed E-state index contributed by atoms with van der Waals surface area (Å²) in [5.74, 6) is -1.69. The van der Waals surface area contributed by atoms with E-state index in [1.807, 2.05) is 6.92 Å². The molecule has 7 atom stereocenters. The fourth-order valence-corrected chi connectivity index (χ4v) is 6.57. The number of carbonyl (C=O) groups excluding carboxylic acids is 3. The van der Waals surface area contributed by atoms with Crippen molar-refractivity contribution >= 4 is 17.9 Å². The molecule has 2 saturated carbocycles. The number of methoxy groups -OCH3 is 1. The van der Waals surface area contributed by atoms with Gasteiger partial charge in [0.05, 0.1) is 30.5 Å². The van der Waals surface area contributed by atoms with Crippen molar-refractivity contribution in [3.63, 3.8) is 0 Å². The molecular formula is C21H24O7. The third-order valence-electron chi connectivity index (χ3n) is 7.83. The highest BCUT2D eigenvalue weighted by Crippen LogP contribution is 2.67. The van der Waals surface area contributed by atoms with E-state index in [-0.39, 0.29) is 29.7 Å². The predicted molar refractivity (Wildman–Crippen MR) is 93.5 cm³/mol. The number of fused-ring (bicyclic) bond motifs is 1. The summed E-state index contributed by atoms with van der Waals surface area (Å²) in [6.45, 7) is 1.94. The Bertz CT molecular complexity index is 830. The lowest BCUT2D eigenvalue weighted by molar-refractivity contribution is -0.196. The number of cyclic esters (lactones) is 1. The molecule has 5 rings (SSSR count). The van der Waals surface area contributed by atoms with Crippen LogP contribution in [0.1, 0.15) is 50.7 Å². The van der Waals surface area contributed by atoms with Gasteiger partial charge in [0.2, 0.25) is 0 Å². The van der Waals surface area contributed by atoms with Gasteiger partial charge in [0.15, 0.2) is 0 Å². The minimum Gasteiger partial charge on any atom is -0.472 e. The Hall–Kier alpha value is -2.31. The summed E-state index contributed by atoms with van der Waals surface area (Å²) in [6.07, 6.45) is 5.20. The molecule has 2 saturated heterocycles. The Labute approximate surface area is 162 Å². The van der Waals surface area contributed by atoms with Crippen LogP contribution in [0.25, 0.3) is 0 Å². The van der Waals surface area contributed by atoms with Crippen molar-refractivity contribution in [1.29, 1.82) is 0 Å². The van der Waals surface area contributed by atoms with E-state index in [0.717, 1.165) is 24.8 Å². The molecule has 0 unspecified atom stereocenters. The zero-order chi connectivity index (χ0) is 19.7. The maximum Gasteiger partial charge on any atom is 0.314 e. The average Bonchev–Trinajstić information content (AvgIpc) is 3.28. The molecule has 28 heavy (non-hydrogen) atoms. The Balaban J connectivity index is 1.60. The van der Waals surface area contributed by atoms with E-state index in [2.05, 4.69) is 0 Å². The molecule has 2 bridgehead atoms. The number of furan rings is 1. The van der Waals surface area contributed by atoms with E-state index in [1.165, 1.54) is 13.4 Å². The summed E-state index contributed by atoms with van der Waals surface area (Å²) in [6, 6.07) is 1.76. The topological polar surface area (TPSA) is 92.0 Å². The number of ether oxygens (including phenoxy) is 3. The van der Waals surface area contributed by atoms with Crippen molar-refractivity contribution < 1.29 is 33.0 Å². The minimum absolute atomic E-state index is 0.0581. The van der Waals surface area contributed by atoms with Crippen molar-refractivity contribution in [1.82, 2.24) is 0 Å². The molecule has 4 fully saturated rings. The first kappa shape index (κ1) is 17.8. The zero-order valence-corrected chi connectivity index (χ0v) is 16.0. The van der Waals surface area contributed by atoms with Gasteiger partial charge in [0.1, 0.15) is 18.1 Å². The fourth-order valence-electron chi connectivity index (χ4n) is 6.57. The molecule has 1 aromatic rings. The van der Waals surface area contributed by atoms with Gasteiger partial charge in [0, 0.05) is 12.0 Å². The molecular weight excluding hydrogens is 364 g/mol. The van der Waals surface area contributed by atoms with Crippen molar-refractivity contribution in [2.24, 2.45) is 28.6 Å². The first-order chi connectivity index (χ1) is 13.4. The molecule has 7 heteroatoms. The summed E-state index contributed by atoms with van der Waals surface area (Å²) in [5, 5.41) is 0. The molecule has 2 aliphatic heterocycles. The lowest BCUT2D eigenvalue weighted by atomic mass is 9.46. The predicted octanol–water partition coefficient (Wildman–Crippen LogP) is 2.79. The van der Waals surface area contributed by atoms with Crippen molar-refractivity contribution in [2.45, 2.75) is 51.2 Å². The van der Waals surface area contributed by atoms with Crippen LogP contribution < -0.4 is 0 Å². The van der Waals surface area contributed by atoms with Crippen molar-refractivity contribution in [2.75, 3.05) is 7.11 Å². The maximum absolute atomic E-state index is 13.2. The third-order valence-corrected chi connectivity index (χ3v) is 7.83. The zero-order valence-electron chi connectivity index (χ0n) is 16.0. The molecule has 0 aromatic carbocycles. The highest BCUT2D eigenvalue weighted by atomic mass is 16.6. The molecule has 0 amide bonds. The monoisotopic (exact) mass is 388 g/mol. The van der Waals surface area contributed by atoms with Crippen LogP contribution >= 0.6 is 0 Å². The van der Waals surface area contributed by atoms with Gasteiger partial charge in [-0.15, -0.1) is 0 Å². The molecule has 0 N–H and O–H groups in total. The molecule has 1 aromatic heterocycles. The van der Waals surface area contributed by atoms with Crippen LogP contribution in [0.15, 0.2) is 23.0 Å². The fraction of sp³-hybridized carbons (Fsp3) is 0.667. The molecule has 150 valence electrons. The molecule has 0 radical (unpaired) electrons. The molecule has 7 nitrogen and oxygen atoms in total.